The number of rotatable bonds is 2. The molecule has 1 aliphatic rings. The van der Waals surface area contributed by atoms with Gasteiger partial charge >= 0.3 is 0 Å². The Morgan fingerprint density at radius 2 is 1.83 bits per heavy atom. The van der Waals surface area contributed by atoms with Crippen molar-refractivity contribution >= 4 is 17.8 Å². The summed E-state index contributed by atoms with van der Waals surface area (Å²) in [5.74, 6) is 0.398. The lowest BCUT2D eigenvalue weighted by atomic mass is 9.86. The number of nitrogens with one attached hydrogen (secondary N) is 1. The minimum Gasteiger partial charge on any atom is -0.305 e. The van der Waals surface area contributed by atoms with Crippen LogP contribution in [0.2, 0.25) is 0 Å². The number of nitrogens with zero attached hydrogens (tertiary/aromatic N) is 2. The highest BCUT2D eigenvalue weighted by Gasteiger charge is 2.21. The van der Waals surface area contributed by atoms with Gasteiger partial charge in [0.1, 0.15) is 11.5 Å². The smallest absolute Gasteiger partial charge is 0.275 e. The lowest BCUT2D eigenvalue weighted by molar-refractivity contribution is -0.115. The Balaban J connectivity index is 1.88. The third-order valence-electron chi connectivity index (χ3n) is 3.71. The first kappa shape index (κ1) is 15.2. The molecule has 1 aromatic heterocycles. The van der Waals surface area contributed by atoms with Crippen LogP contribution in [0.15, 0.2) is 59.5 Å². The minimum atomic E-state index is -0.191. The van der Waals surface area contributed by atoms with Crippen molar-refractivity contribution in [3.8, 4) is 0 Å². The fraction of sp³-hybridized carbons (Fsp3) is 0.211. The Morgan fingerprint density at radius 1 is 1.09 bits per heavy atom. The van der Waals surface area contributed by atoms with Gasteiger partial charge in [-0.15, -0.1) is 0 Å². The number of hydrogen-bond donors (Lipinski definition) is 1. The summed E-state index contributed by atoms with van der Waals surface area (Å²) in [5, 5.41) is 2.82. The molecule has 0 spiro atoms. The summed E-state index contributed by atoms with van der Waals surface area (Å²) in [6.45, 7) is 6.52. The van der Waals surface area contributed by atoms with E-state index in [0.717, 1.165) is 11.1 Å². The zero-order valence-corrected chi connectivity index (χ0v) is 13.5. The summed E-state index contributed by atoms with van der Waals surface area (Å²) >= 11 is 0. The number of aliphatic imine (C=N–C) groups is 1. The SMILES string of the molecule is CC(C)(C)c1ccc(C2=N/C(=C/c3cccnc3)C(=O)N2)cc1. The van der Waals surface area contributed by atoms with Crippen molar-refractivity contribution in [3.05, 3.63) is 71.2 Å². The van der Waals surface area contributed by atoms with E-state index in [0.29, 0.717) is 11.5 Å². The van der Waals surface area contributed by atoms with Gasteiger partial charge in [-0.3, -0.25) is 9.78 Å². The maximum Gasteiger partial charge on any atom is 0.275 e. The molecule has 0 fully saturated rings. The molecule has 23 heavy (non-hydrogen) atoms. The van der Waals surface area contributed by atoms with E-state index in [4.69, 9.17) is 0 Å². The van der Waals surface area contributed by atoms with Gasteiger partial charge in [-0.05, 0) is 28.7 Å². The minimum absolute atomic E-state index is 0.102. The molecule has 0 atom stereocenters. The number of amidine groups is 1. The molecular weight excluding hydrogens is 286 g/mol. The van der Waals surface area contributed by atoms with Crippen LogP contribution in [0.25, 0.3) is 6.08 Å². The number of carbonyl (C=O) groups excluding carboxylic acids is 1. The van der Waals surface area contributed by atoms with Crippen LogP contribution in [0, 0.1) is 0 Å². The average molecular weight is 305 g/mol. The number of amides is 1. The first-order chi connectivity index (χ1) is 10.9. The van der Waals surface area contributed by atoms with Gasteiger partial charge in [0, 0.05) is 18.0 Å². The van der Waals surface area contributed by atoms with E-state index in [2.05, 4.69) is 48.2 Å². The molecule has 1 aromatic carbocycles. The fourth-order valence-electron chi connectivity index (χ4n) is 2.35. The molecule has 2 aromatic rings. The second-order valence-corrected chi connectivity index (χ2v) is 6.56. The van der Waals surface area contributed by atoms with Crippen molar-refractivity contribution in [1.29, 1.82) is 0 Å². The van der Waals surface area contributed by atoms with Gasteiger partial charge in [0.05, 0.1) is 0 Å². The van der Waals surface area contributed by atoms with E-state index >= 15 is 0 Å². The van der Waals surface area contributed by atoms with Crippen molar-refractivity contribution in [1.82, 2.24) is 10.3 Å². The number of hydrogen-bond acceptors (Lipinski definition) is 3. The van der Waals surface area contributed by atoms with E-state index in [-0.39, 0.29) is 11.3 Å². The molecular formula is C19H19N3O. The van der Waals surface area contributed by atoms with Gasteiger partial charge in [0.25, 0.3) is 5.91 Å². The molecule has 1 aliphatic heterocycles. The number of carbonyl (C=O) groups is 1. The monoisotopic (exact) mass is 305 g/mol. The lowest BCUT2D eigenvalue weighted by Gasteiger charge is -2.19. The Hall–Kier alpha value is -2.75. The molecule has 0 bridgehead atoms. The molecule has 0 aliphatic carbocycles. The zero-order valence-electron chi connectivity index (χ0n) is 13.5. The Bertz CT molecular complexity index is 782. The summed E-state index contributed by atoms with van der Waals surface area (Å²) in [4.78, 5) is 20.5. The average Bonchev–Trinajstić information content (AvgIpc) is 2.89. The molecule has 4 heteroatoms. The molecule has 0 radical (unpaired) electrons. The second kappa shape index (κ2) is 5.80. The third-order valence-corrected chi connectivity index (χ3v) is 3.71. The summed E-state index contributed by atoms with van der Waals surface area (Å²) in [6.07, 6.45) is 5.13. The van der Waals surface area contributed by atoms with Crippen molar-refractivity contribution in [2.75, 3.05) is 0 Å². The van der Waals surface area contributed by atoms with Crippen molar-refractivity contribution in [2.45, 2.75) is 26.2 Å². The van der Waals surface area contributed by atoms with Crippen LogP contribution in [0.1, 0.15) is 37.5 Å². The highest BCUT2D eigenvalue weighted by Crippen LogP contribution is 2.23. The first-order valence-corrected chi connectivity index (χ1v) is 7.56. The molecule has 116 valence electrons. The van der Waals surface area contributed by atoms with E-state index in [1.54, 1.807) is 18.5 Å². The quantitative estimate of drug-likeness (QED) is 0.866. The number of aromatic nitrogens is 1. The predicted molar refractivity (Wildman–Crippen MR) is 92.0 cm³/mol. The molecule has 0 unspecified atom stereocenters. The van der Waals surface area contributed by atoms with Crippen molar-refractivity contribution in [2.24, 2.45) is 4.99 Å². The molecule has 3 rings (SSSR count). The third kappa shape index (κ3) is 3.37. The maximum absolute atomic E-state index is 12.1. The second-order valence-electron chi connectivity index (χ2n) is 6.56. The zero-order chi connectivity index (χ0) is 16.4. The van der Waals surface area contributed by atoms with Crippen LogP contribution >= 0.6 is 0 Å². The van der Waals surface area contributed by atoms with Crippen molar-refractivity contribution < 1.29 is 4.79 Å². The molecule has 0 saturated heterocycles. The van der Waals surface area contributed by atoms with Crippen LogP contribution in [0.4, 0.5) is 0 Å². The Kier molecular flexibility index (Phi) is 3.82. The normalized spacial score (nSPS) is 16.4. The van der Waals surface area contributed by atoms with E-state index in [9.17, 15) is 4.79 Å². The van der Waals surface area contributed by atoms with Crippen LogP contribution in [-0.4, -0.2) is 16.7 Å². The Labute approximate surface area is 136 Å². The van der Waals surface area contributed by atoms with Gasteiger partial charge in [-0.2, -0.15) is 0 Å². The van der Waals surface area contributed by atoms with Gasteiger partial charge in [0.15, 0.2) is 0 Å². The lowest BCUT2D eigenvalue weighted by Crippen LogP contribution is -2.24. The fourth-order valence-corrected chi connectivity index (χ4v) is 2.35. The van der Waals surface area contributed by atoms with Gasteiger partial charge in [-0.25, -0.2) is 4.99 Å². The van der Waals surface area contributed by atoms with Crippen LogP contribution in [0.3, 0.4) is 0 Å². The molecule has 2 heterocycles. The largest absolute Gasteiger partial charge is 0.305 e. The van der Waals surface area contributed by atoms with E-state index < -0.39 is 0 Å². The van der Waals surface area contributed by atoms with Crippen LogP contribution in [0.5, 0.6) is 0 Å². The topological polar surface area (TPSA) is 54.4 Å². The molecule has 1 amide bonds. The Morgan fingerprint density at radius 3 is 2.43 bits per heavy atom. The highest BCUT2D eigenvalue weighted by molar-refractivity contribution is 6.19. The maximum atomic E-state index is 12.1. The van der Waals surface area contributed by atoms with E-state index in [1.165, 1.54) is 5.56 Å². The van der Waals surface area contributed by atoms with Gasteiger partial charge in [-0.1, -0.05) is 51.1 Å². The summed E-state index contributed by atoms with van der Waals surface area (Å²) in [6, 6.07) is 11.9. The summed E-state index contributed by atoms with van der Waals surface area (Å²) in [5.41, 5.74) is 3.50. The van der Waals surface area contributed by atoms with Crippen molar-refractivity contribution in [3.63, 3.8) is 0 Å². The van der Waals surface area contributed by atoms with Gasteiger partial charge < -0.3 is 5.32 Å². The van der Waals surface area contributed by atoms with E-state index in [1.807, 2.05) is 24.3 Å². The summed E-state index contributed by atoms with van der Waals surface area (Å²) < 4.78 is 0. The number of benzene rings is 1. The van der Waals surface area contributed by atoms with Crippen LogP contribution in [-0.2, 0) is 10.2 Å². The van der Waals surface area contributed by atoms with Crippen LogP contribution < -0.4 is 5.32 Å². The predicted octanol–water partition coefficient (Wildman–Crippen LogP) is 3.30. The highest BCUT2D eigenvalue weighted by atomic mass is 16.2. The molecule has 1 N–H and O–H groups in total. The molecule has 0 saturated carbocycles. The van der Waals surface area contributed by atoms with Gasteiger partial charge in [0.2, 0.25) is 0 Å². The standard InChI is InChI=1S/C19H19N3O/c1-19(2,3)15-8-6-14(7-9-15)17-21-16(18(23)22-17)11-13-5-4-10-20-12-13/h4-12H,1-3H3,(H,21,22,23)/b16-11+. The molecule has 4 nitrogen and oxygen atoms in total. The summed E-state index contributed by atoms with van der Waals surface area (Å²) in [7, 11) is 0. The first-order valence-electron chi connectivity index (χ1n) is 7.56. The number of pyridine rings is 1.